The maximum Gasteiger partial charge on any atom is 0.220 e. The highest BCUT2D eigenvalue weighted by atomic mass is 16.1. The molecule has 1 aromatic carbocycles. The Hall–Kier alpha value is -3.03. The van der Waals surface area contributed by atoms with Crippen molar-refractivity contribution >= 4 is 5.91 Å². The van der Waals surface area contributed by atoms with Gasteiger partial charge in [-0.05, 0) is 22.4 Å². The van der Waals surface area contributed by atoms with Gasteiger partial charge >= 0.3 is 0 Å². The summed E-state index contributed by atoms with van der Waals surface area (Å²) in [5.74, 6) is -0.00159. The van der Waals surface area contributed by atoms with Crippen LogP contribution in [0.25, 0.3) is 11.3 Å². The van der Waals surface area contributed by atoms with E-state index in [9.17, 15) is 4.79 Å². The van der Waals surface area contributed by atoms with E-state index in [0.29, 0.717) is 25.9 Å². The zero-order valence-corrected chi connectivity index (χ0v) is 12.5. The first-order valence-electron chi connectivity index (χ1n) is 7.38. The molecule has 0 atom stereocenters. The third kappa shape index (κ3) is 4.00. The number of aromatic amines is 1. The van der Waals surface area contributed by atoms with Gasteiger partial charge in [-0.3, -0.25) is 9.89 Å². The molecule has 1 amide bonds. The number of rotatable bonds is 7. The highest BCUT2D eigenvalue weighted by Crippen LogP contribution is 2.20. The number of tetrazole rings is 1. The zero-order valence-electron chi connectivity index (χ0n) is 12.5. The first kappa shape index (κ1) is 14.9. The molecule has 0 aliphatic rings. The van der Waals surface area contributed by atoms with Gasteiger partial charge in [-0.25, -0.2) is 4.68 Å². The average molecular weight is 311 g/mol. The van der Waals surface area contributed by atoms with E-state index in [2.05, 4.69) is 31.0 Å². The standard InChI is InChI=1S/C15H17N7O/c23-14(7-4-8-22-11-18-20-21-22)16-9-13-10-17-19-15(13)12-5-2-1-3-6-12/h1-3,5-6,10-11H,4,7-9H2,(H,16,23)(H,17,19). The van der Waals surface area contributed by atoms with Crippen LogP contribution in [0.1, 0.15) is 18.4 Å². The second-order valence-corrected chi connectivity index (χ2v) is 5.09. The van der Waals surface area contributed by atoms with Gasteiger partial charge in [0, 0.05) is 25.1 Å². The predicted molar refractivity (Wildman–Crippen MR) is 82.9 cm³/mol. The molecule has 0 aliphatic heterocycles. The molecule has 8 nitrogen and oxygen atoms in total. The molecule has 2 aromatic heterocycles. The summed E-state index contributed by atoms with van der Waals surface area (Å²) in [4.78, 5) is 11.9. The van der Waals surface area contributed by atoms with Crippen molar-refractivity contribution in [1.29, 1.82) is 0 Å². The minimum Gasteiger partial charge on any atom is -0.352 e. The second-order valence-electron chi connectivity index (χ2n) is 5.09. The number of aryl methyl sites for hydroxylation is 1. The van der Waals surface area contributed by atoms with Crippen molar-refractivity contribution in [3.63, 3.8) is 0 Å². The van der Waals surface area contributed by atoms with Gasteiger partial charge in [-0.15, -0.1) is 5.10 Å². The Kier molecular flexibility index (Phi) is 4.72. The van der Waals surface area contributed by atoms with Crippen molar-refractivity contribution in [2.45, 2.75) is 25.9 Å². The van der Waals surface area contributed by atoms with Crippen LogP contribution in [0.5, 0.6) is 0 Å². The Morgan fingerprint density at radius 1 is 1.26 bits per heavy atom. The summed E-state index contributed by atoms with van der Waals surface area (Å²) in [6.45, 7) is 1.08. The van der Waals surface area contributed by atoms with E-state index in [0.717, 1.165) is 16.8 Å². The minimum absolute atomic E-state index is 0.00159. The van der Waals surface area contributed by atoms with Gasteiger partial charge in [0.2, 0.25) is 5.91 Å². The Morgan fingerprint density at radius 2 is 2.13 bits per heavy atom. The first-order chi connectivity index (χ1) is 11.3. The normalized spacial score (nSPS) is 10.6. The van der Waals surface area contributed by atoms with E-state index >= 15 is 0 Å². The number of hydrogen-bond acceptors (Lipinski definition) is 5. The van der Waals surface area contributed by atoms with Crippen molar-refractivity contribution in [3.8, 4) is 11.3 Å². The topological polar surface area (TPSA) is 101 Å². The fourth-order valence-corrected chi connectivity index (χ4v) is 2.27. The van der Waals surface area contributed by atoms with Gasteiger partial charge < -0.3 is 5.32 Å². The van der Waals surface area contributed by atoms with Crippen LogP contribution in [-0.4, -0.2) is 36.3 Å². The van der Waals surface area contributed by atoms with E-state index < -0.39 is 0 Å². The molecule has 0 fully saturated rings. The van der Waals surface area contributed by atoms with Crippen LogP contribution < -0.4 is 5.32 Å². The number of aromatic nitrogens is 6. The zero-order chi connectivity index (χ0) is 15.9. The maximum absolute atomic E-state index is 11.9. The van der Waals surface area contributed by atoms with Crippen LogP contribution in [-0.2, 0) is 17.9 Å². The van der Waals surface area contributed by atoms with Crippen molar-refractivity contribution in [1.82, 2.24) is 35.7 Å². The van der Waals surface area contributed by atoms with Gasteiger partial charge in [-0.2, -0.15) is 5.10 Å². The van der Waals surface area contributed by atoms with Crippen molar-refractivity contribution < 1.29 is 4.79 Å². The second kappa shape index (κ2) is 7.30. The molecule has 0 bridgehead atoms. The minimum atomic E-state index is -0.00159. The number of carbonyl (C=O) groups is 1. The highest BCUT2D eigenvalue weighted by molar-refractivity contribution is 5.76. The number of carbonyl (C=O) groups excluding carboxylic acids is 1. The number of H-pyrrole nitrogens is 1. The quantitative estimate of drug-likeness (QED) is 0.682. The van der Waals surface area contributed by atoms with E-state index in [1.165, 1.54) is 6.33 Å². The molecule has 0 unspecified atom stereocenters. The Bertz CT molecular complexity index is 736. The van der Waals surface area contributed by atoms with Crippen LogP contribution in [0, 0.1) is 0 Å². The predicted octanol–water partition coefficient (Wildman–Crippen LogP) is 1.16. The summed E-state index contributed by atoms with van der Waals surface area (Å²) < 4.78 is 1.61. The van der Waals surface area contributed by atoms with Crippen molar-refractivity contribution in [3.05, 3.63) is 48.4 Å². The fraction of sp³-hybridized carbons (Fsp3) is 0.267. The third-order valence-electron chi connectivity index (χ3n) is 3.44. The monoisotopic (exact) mass is 311 g/mol. The molecule has 0 aliphatic carbocycles. The number of amides is 1. The summed E-state index contributed by atoms with van der Waals surface area (Å²) in [6.07, 6.45) is 4.39. The molecule has 118 valence electrons. The van der Waals surface area contributed by atoms with Gasteiger partial charge in [0.05, 0.1) is 11.9 Å². The summed E-state index contributed by atoms with van der Waals surface area (Å²) in [7, 11) is 0. The number of nitrogens with zero attached hydrogens (tertiary/aromatic N) is 5. The lowest BCUT2D eigenvalue weighted by atomic mass is 10.1. The van der Waals surface area contributed by atoms with Gasteiger partial charge in [-0.1, -0.05) is 30.3 Å². The summed E-state index contributed by atoms with van der Waals surface area (Å²) in [5.41, 5.74) is 2.94. The van der Waals surface area contributed by atoms with Crippen molar-refractivity contribution in [2.24, 2.45) is 0 Å². The molecule has 2 N–H and O–H groups in total. The highest BCUT2D eigenvalue weighted by Gasteiger charge is 2.09. The molecule has 3 rings (SSSR count). The van der Waals surface area contributed by atoms with Crippen LogP contribution in [0.15, 0.2) is 42.9 Å². The number of hydrogen-bond donors (Lipinski definition) is 2. The lowest BCUT2D eigenvalue weighted by Gasteiger charge is -2.06. The summed E-state index contributed by atoms with van der Waals surface area (Å²) in [6, 6.07) is 9.91. The number of benzene rings is 1. The molecular formula is C15H17N7O. The molecule has 2 heterocycles. The van der Waals surface area contributed by atoms with Crippen molar-refractivity contribution in [2.75, 3.05) is 0 Å². The number of nitrogens with one attached hydrogen (secondary N) is 2. The van der Waals surface area contributed by atoms with E-state index in [1.54, 1.807) is 10.9 Å². The van der Waals surface area contributed by atoms with Crippen LogP contribution >= 0.6 is 0 Å². The Balaban J connectivity index is 1.49. The van der Waals surface area contributed by atoms with E-state index in [1.807, 2.05) is 30.3 Å². The Labute approximate surface area is 132 Å². The molecule has 0 saturated carbocycles. The Morgan fingerprint density at radius 3 is 2.91 bits per heavy atom. The molecule has 0 radical (unpaired) electrons. The SMILES string of the molecule is O=C(CCCn1cnnn1)NCc1cn[nH]c1-c1ccccc1. The molecule has 0 saturated heterocycles. The molecule has 8 heteroatoms. The molecule has 0 spiro atoms. The lowest BCUT2D eigenvalue weighted by molar-refractivity contribution is -0.121. The largest absolute Gasteiger partial charge is 0.352 e. The van der Waals surface area contributed by atoms with E-state index in [4.69, 9.17) is 0 Å². The first-order valence-corrected chi connectivity index (χ1v) is 7.38. The van der Waals surface area contributed by atoms with Gasteiger partial charge in [0.15, 0.2) is 0 Å². The van der Waals surface area contributed by atoms with Crippen LogP contribution in [0.4, 0.5) is 0 Å². The smallest absolute Gasteiger partial charge is 0.220 e. The molecular weight excluding hydrogens is 294 g/mol. The summed E-state index contributed by atoms with van der Waals surface area (Å²) >= 11 is 0. The van der Waals surface area contributed by atoms with Crippen LogP contribution in [0.2, 0.25) is 0 Å². The molecule has 3 aromatic rings. The molecule has 23 heavy (non-hydrogen) atoms. The average Bonchev–Trinajstić information content (AvgIpc) is 3.25. The lowest BCUT2D eigenvalue weighted by Crippen LogP contribution is -2.23. The third-order valence-corrected chi connectivity index (χ3v) is 3.44. The van der Waals surface area contributed by atoms with E-state index in [-0.39, 0.29) is 5.91 Å². The van der Waals surface area contributed by atoms with Gasteiger partial charge in [0.25, 0.3) is 0 Å². The van der Waals surface area contributed by atoms with Crippen LogP contribution in [0.3, 0.4) is 0 Å². The van der Waals surface area contributed by atoms with Gasteiger partial charge in [0.1, 0.15) is 6.33 Å². The fourth-order valence-electron chi connectivity index (χ4n) is 2.27. The maximum atomic E-state index is 11.9. The summed E-state index contributed by atoms with van der Waals surface area (Å²) in [5, 5.41) is 20.8.